The normalized spacial score (nSPS) is 15.4. The van der Waals surface area contributed by atoms with Crippen LogP contribution in [0.4, 0.5) is 4.79 Å². The maximum absolute atomic E-state index is 13.1. The van der Waals surface area contributed by atoms with Gasteiger partial charge in [0, 0.05) is 24.6 Å². The molecule has 0 spiro atoms. The predicted molar refractivity (Wildman–Crippen MR) is 130 cm³/mol. The first-order valence-electron chi connectivity index (χ1n) is 11.5. The standard InChI is InChI=1S/C26H29N3O5/c1-33-26(32)28-27-19(13-16-29-14-7-8-15-29)17-21(18-9-3-2-4-10-18)23-24(30)20-11-5-6-12-22(20)34-25(23)31/h2-6,9-12,21,30H,7-8,13-17H2,1H3,(H,28,32)/b27-19-. The van der Waals surface area contributed by atoms with Crippen LogP contribution in [0.2, 0.25) is 0 Å². The third kappa shape index (κ3) is 5.46. The molecule has 8 nitrogen and oxygen atoms in total. The van der Waals surface area contributed by atoms with Gasteiger partial charge in [-0.05, 0) is 50.0 Å². The number of hydrogen-bond donors (Lipinski definition) is 2. The van der Waals surface area contributed by atoms with E-state index in [0.717, 1.165) is 25.2 Å². The first-order chi connectivity index (χ1) is 16.6. The fraction of sp³-hybridized carbons (Fsp3) is 0.346. The van der Waals surface area contributed by atoms with Gasteiger partial charge in [-0.1, -0.05) is 42.5 Å². The zero-order valence-electron chi connectivity index (χ0n) is 19.2. The molecule has 0 aliphatic carbocycles. The van der Waals surface area contributed by atoms with Gasteiger partial charge in [0.05, 0.1) is 18.1 Å². The lowest BCUT2D eigenvalue weighted by Crippen LogP contribution is -2.26. The fourth-order valence-corrected chi connectivity index (χ4v) is 4.43. The SMILES string of the molecule is COC(=O)N/N=C(/CCN1CCCC1)CC(c1ccccc1)c1c(O)c2ccccc2oc1=O. The van der Waals surface area contributed by atoms with E-state index in [1.807, 2.05) is 30.3 Å². The van der Waals surface area contributed by atoms with E-state index in [1.54, 1.807) is 24.3 Å². The number of nitrogens with one attached hydrogen (secondary N) is 1. The first-order valence-corrected chi connectivity index (χ1v) is 11.5. The van der Waals surface area contributed by atoms with E-state index in [2.05, 4.69) is 20.2 Å². The molecule has 0 radical (unpaired) electrons. The number of aromatic hydroxyl groups is 1. The van der Waals surface area contributed by atoms with Crippen molar-refractivity contribution < 1.29 is 19.1 Å². The molecule has 1 aliphatic rings. The quantitative estimate of drug-likeness (QED) is 0.294. The Hall–Kier alpha value is -3.65. The molecule has 1 saturated heterocycles. The summed E-state index contributed by atoms with van der Waals surface area (Å²) in [6, 6.07) is 16.4. The van der Waals surface area contributed by atoms with Gasteiger partial charge in [-0.3, -0.25) is 0 Å². The fourth-order valence-electron chi connectivity index (χ4n) is 4.43. The van der Waals surface area contributed by atoms with Gasteiger partial charge in [0.2, 0.25) is 0 Å². The molecule has 1 atom stereocenters. The molecule has 178 valence electrons. The minimum Gasteiger partial charge on any atom is -0.507 e. The van der Waals surface area contributed by atoms with Crippen LogP contribution in [-0.2, 0) is 4.74 Å². The number of hydrogen-bond acceptors (Lipinski definition) is 7. The largest absolute Gasteiger partial charge is 0.507 e. The number of hydrazone groups is 1. The molecule has 1 unspecified atom stereocenters. The Morgan fingerprint density at radius 2 is 1.85 bits per heavy atom. The second-order valence-corrected chi connectivity index (χ2v) is 8.40. The predicted octanol–water partition coefficient (Wildman–Crippen LogP) is 4.22. The minimum absolute atomic E-state index is 0.0967. The van der Waals surface area contributed by atoms with Crippen molar-refractivity contribution >= 4 is 22.8 Å². The van der Waals surface area contributed by atoms with Crippen LogP contribution >= 0.6 is 0 Å². The monoisotopic (exact) mass is 463 g/mol. The highest BCUT2D eigenvalue weighted by Gasteiger charge is 2.27. The summed E-state index contributed by atoms with van der Waals surface area (Å²) in [5, 5.41) is 15.9. The molecule has 2 aromatic carbocycles. The van der Waals surface area contributed by atoms with Crippen molar-refractivity contribution in [2.24, 2.45) is 5.10 Å². The highest BCUT2D eigenvalue weighted by molar-refractivity contribution is 5.88. The lowest BCUT2D eigenvalue weighted by molar-refractivity contribution is 0.171. The van der Waals surface area contributed by atoms with Gasteiger partial charge in [-0.15, -0.1) is 0 Å². The number of fused-ring (bicyclic) bond motifs is 1. The van der Waals surface area contributed by atoms with Gasteiger partial charge in [-0.25, -0.2) is 15.0 Å². The van der Waals surface area contributed by atoms with Crippen molar-refractivity contribution in [3.8, 4) is 5.75 Å². The zero-order valence-corrected chi connectivity index (χ0v) is 19.2. The Morgan fingerprint density at radius 3 is 2.59 bits per heavy atom. The molecule has 0 saturated carbocycles. The number of carbonyl (C=O) groups is 1. The van der Waals surface area contributed by atoms with Gasteiger partial charge in [-0.2, -0.15) is 5.10 Å². The van der Waals surface area contributed by atoms with Crippen LogP contribution in [0.3, 0.4) is 0 Å². The molecule has 0 bridgehead atoms. The Kier molecular flexibility index (Phi) is 7.59. The number of amides is 1. The summed E-state index contributed by atoms with van der Waals surface area (Å²) in [6.45, 7) is 2.87. The van der Waals surface area contributed by atoms with Crippen LogP contribution in [-0.4, -0.2) is 48.6 Å². The van der Waals surface area contributed by atoms with Gasteiger partial charge in [0.1, 0.15) is 11.3 Å². The van der Waals surface area contributed by atoms with Crippen LogP contribution in [0, 0.1) is 0 Å². The van der Waals surface area contributed by atoms with Crippen LogP contribution in [0.25, 0.3) is 11.0 Å². The lowest BCUT2D eigenvalue weighted by Gasteiger charge is -2.21. The molecular weight excluding hydrogens is 434 g/mol. The molecule has 3 aromatic rings. The van der Waals surface area contributed by atoms with Gasteiger partial charge in [0.15, 0.2) is 0 Å². The maximum atomic E-state index is 13.1. The number of methoxy groups -OCH3 is 1. The highest BCUT2D eigenvalue weighted by Crippen LogP contribution is 2.36. The molecule has 1 fully saturated rings. The molecule has 2 N–H and O–H groups in total. The van der Waals surface area contributed by atoms with Crippen molar-refractivity contribution in [1.82, 2.24) is 10.3 Å². The van der Waals surface area contributed by atoms with Crippen molar-refractivity contribution in [2.45, 2.75) is 31.6 Å². The molecule has 4 rings (SSSR count). The number of nitrogens with zero attached hydrogens (tertiary/aromatic N) is 2. The topological polar surface area (TPSA) is 104 Å². The summed E-state index contributed by atoms with van der Waals surface area (Å²) < 4.78 is 10.2. The summed E-state index contributed by atoms with van der Waals surface area (Å²) in [5.74, 6) is -0.612. The van der Waals surface area contributed by atoms with Crippen molar-refractivity contribution in [1.29, 1.82) is 0 Å². The average Bonchev–Trinajstić information content (AvgIpc) is 3.38. The van der Waals surface area contributed by atoms with Gasteiger partial charge >= 0.3 is 11.7 Å². The number of benzene rings is 2. The number of likely N-dealkylation sites (tertiary alicyclic amines) is 1. The number of para-hydroxylation sites is 1. The summed E-state index contributed by atoms with van der Waals surface area (Å²) >= 11 is 0. The van der Waals surface area contributed by atoms with E-state index in [1.165, 1.54) is 20.0 Å². The lowest BCUT2D eigenvalue weighted by atomic mass is 9.86. The van der Waals surface area contributed by atoms with Crippen LogP contribution in [0.5, 0.6) is 5.75 Å². The Balaban J connectivity index is 1.73. The third-order valence-corrected chi connectivity index (χ3v) is 6.22. The Bertz CT molecular complexity index is 1220. The van der Waals surface area contributed by atoms with E-state index in [9.17, 15) is 14.7 Å². The summed E-state index contributed by atoms with van der Waals surface area (Å²) in [6.07, 6.45) is 2.60. The van der Waals surface area contributed by atoms with Crippen molar-refractivity contribution in [3.63, 3.8) is 0 Å². The summed E-state index contributed by atoms with van der Waals surface area (Å²) in [7, 11) is 1.28. The Labute approximate surface area is 197 Å². The number of rotatable bonds is 8. The van der Waals surface area contributed by atoms with E-state index in [0.29, 0.717) is 29.5 Å². The van der Waals surface area contributed by atoms with E-state index >= 15 is 0 Å². The zero-order chi connectivity index (χ0) is 23.9. The molecule has 34 heavy (non-hydrogen) atoms. The van der Waals surface area contributed by atoms with Crippen molar-refractivity contribution in [2.75, 3.05) is 26.7 Å². The number of carbonyl (C=O) groups excluding carboxylic acids is 1. The van der Waals surface area contributed by atoms with Crippen LogP contribution in [0.15, 0.2) is 68.9 Å². The van der Waals surface area contributed by atoms with Gasteiger partial charge < -0.3 is 19.2 Å². The first kappa shape index (κ1) is 23.5. The second-order valence-electron chi connectivity index (χ2n) is 8.40. The van der Waals surface area contributed by atoms with Crippen LogP contribution in [0.1, 0.15) is 42.7 Å². The van der Waals surface area contributed by atoms with E-state index in [4.69, 9.17) is 4.42 Å². The molecular formula is C26H29N3O5. The minimum atomic E-state index is -0.664. The van der Waals surface area contributed by atoms with Crippen LogP contribution < -0.4 is 11.1 Å². The van der Waals surface area contributed by atoms with Crippen molar-refractivity contribution in [3.05, 3.63) is 76.1 Å². The summed E-state index contributed by atoms with van der Waals surface area (Å²) in [5.41, 5.74) is 3.87. The van der Waals surface area contributed by atoms with E-state index in [-0.39, 0.29) is 11.3 Å². The molecule has 8 heteroatoms. The molecule has 1 amide bonds. The Morgan fingerprint density at radius 1 is 1.15 bits per heavy atom. The maximum Gasteiger partial charge on any atom is 0.427 e. The smallest absolute Gasteiger partial charge is 0.427 e. The third-order valence-electron chi connectivity index (χ3n) is 6.22. The molecule has 1 aliphatic heterocycles. The van der Waals surface area contributed by atoms with Gasteiger partial charge in [0.25, 0.3) is 0 Å². The number of ether oxygens (including phenoxy) is 1. The second kappa shape index (κ2) is 11.0. The van der Waals surface area contributed by atoms with E-state index < -0.39 is 17.6 Å². The molecule has 2 heterocycles. The molecule has 1 aromatic heterocycles. The highest BCUT2D eigenvalue weighted by atomic mass is 16.5. The average molecular weight is 464 g/mol. The summed E-state index contributed by atoms with van der Waals surface area (Å²) in [4.78, 5) is 27.1.